The predicted molar refractivity (Wildman–Crippen MR) is 53.5 cm³/mol. The highest BCUT2D eigenvalue weighted by Gasteiger charge is 2.50. The summed E-state index contributed by atoms with van der Waals surface area (Å²) >= 11 is 0. The fourth-order valence-corrected chi connectivity index (χ4v) is 3.70. The van der Waals surface area contributed by atoms with E-state index in [1.54, 1.807) is 0 Å². The molecule has 0 aromatic heterocycles. The Morgan fingerprint density at radius 3 is 2.54 bits per heavy atom. The number of hydrogen-bond acceptors (Lipinski definition) is 2. The monoisotopic (exact) mass is 180 g/mol. The fourth-order valence-electron chi connectivity index (χ4n) is 3.70. The second-order valence-corrected chi connectivity index (χ2v) is 5.27. The zero-order chi connectivity index (χ0) is 8.89. The second-order valence-electron chi connectivity index (χ2n) is 5.27. The van der Waals surface area contributed by atoms with Crippen LogP contribution < -0.4 is 5.73 Å². The number of piperidine rings is 1. The van der Waals surface area contributed by atoms with E-state index < -0.39 is 0 Å². The van der Waals surface area contributed by atoms with Crippen molar-refractivity contribution in [1.29, 1.82) is 0 Å². The maximum atomic E-state index is 5.94. The van der Waals surface area contributed by atoms with Gasteiger partial charge in [-0.15, -0.1) is 0 Å². The lowest BCUT2D eigenvalue weighted by Crippen LogP contribution is -2.60. The summed E-state index contributed by atoms with van der Waals surface area (Å²) in [4.78, 5) is 2.77. The van der Waals surface area contributed by atoms with E-state index in [-0.39, 0.29) is 0 Å². The third-order valence-electron chi connectivity index (χ3n) is 4.68. The first kappa shape index (κ1) is 8.25. The predicted octanol–water partition coefficient (Wildman–Crippen LogP) is 1.35. The molecule has 0 radical (unpaired) electrons. The van der Waals surface area contributed by atoms with E-state index in [9.17, 15) is 0 Å². The Hall–Kier alpha value is -0.0800. The van der Waals surface area contributed by atoms with Crippen LogP contribution in [0.15, 0.2) is 0 Å². The molecule has 13 heavy (non-hydrogen) atoms. The van der Waals surface area contributed by atoms with Crippen molar-refractivity contribution in [3.05, 3.63) is 0 Å². The van der Waals surface area contributed by atoms with E-state index in [0.29, 0.717) is 5.54 Å². The van der Waals surface area contributed by atoms with Gasteiger partial charge >= 0.3 is 0 Å². The molecular weight excluding hydrogens is 160 g/mol. The summed E-state index contributed by atoms with van der Waals surface area (Å²) in [7, 11) is 0. The standard InChI is InChI=1S/C11H20N2/c12-8-11(4-1-5-11)13-7-9-2-3-10(13)6-9/h9-10H,1-8,12H2. The van der Waals surface area contributed by atoms with E-state index in [1.807, 2.05) is 0 Å². The fraction of sp³-hybridized carbons (Fsp3) is 1.00. The molecule has 3 fully saturated rings. The Kier molecular flexibility index (Phi) is 1.72. The molecule has 2 unspecified atom stereocenters. The first-order chi connectivity index (χ1) is 6.34. The van der Waals surface area contributed by atoms with Gasteiger partial charge in [0.05, 0.1) is 0 Å². The molecule has 2 saturated carbocycles. The Morgan fingerprint density at radius 1 is 1.31 bits per heavy atom. The normalized spacial score (nSPS) is 42.2. The molecule has 2 heteroatoms. The van der Waals surface area contributed by atoms with Gasteiger partial charge in [0.15, 0.2) is 0 Å². The summed E-state index contributed by atoms with van der Waals surface area (Å²) in [5.41, 5.74) is 6.40. The molecule has 0 aromatic rings. The molecule has 2 bridgehead atoms. The van der Waals surface area contributed by atoms with Gasteiger partial charge in [0, 0.05) is 24.7 Å². The average Bonchev–Trinajstić information content (AvgIpc) is 2.64. The van der Waals surface area contributed by atoms with Crippen LogP contribution in [-0.4, -0.2) is 29.6 Å². The molecule has 0 aromatic carbocycles. The highest BCUT2D eigenvalue weighted by atomic mass is 15.3. The van der Waals surface area contributed by atoms with Crippen LogP contribution in [0.5, 0.6) is 0 Å². The molecule has 2 nitrogen and oxygen atoms in total. The van der Waals surface area contributed by atoms with Crippen LogP contribution in [0.4, 0.5) is 0 Å². The number of likely N-dealkylation sites (tertiary alicyclic amines) is 1. The topological polar surface area (TPSA) is 29.3 Å². The van der Waals surface area contributed by atoms with Crippen molar-refractivity contribution in [2.45, 2.75) is 50.1 Å². The van der Waals surface area contributed by atoms with Gasteiger partial charge < -0.3 is 5.73 Å². The minimum Gasteiger partial charge on any atom is -0.329 e. The lowest BCUT2D eigenvalue weighted by molar-refractivity contribution is -0.000287. The Morgan fingerprint density at radius 2 is 2.15 bits per heavy atom. The number of nitrogens with two attached hydrogens (primary N) is 1. The van der Waals surface area contributed by atoms with Gasteiger partial charge in [-0.2, -0.15) is 0 Å². The number of nitrogens with zero attached hydrogens (tertiary/aromatic N) is 1. The number of hydrogen-bond donors (Lipinski definition) is 1. The summed E-state index contributed by atoms with van der Waals surface area (Å²) in [6.07, 6.45) is 8.56. The quantitative estimate of drug-likeness (QED) is 0.695. The molecule has 3 aliphatic rings. The molecule has 2 N–H and O–H groups in total. The number of rotatable bonds is 2. The van der Waals surface area contributed by atoms with E-state index in [2.05, 4.69) is 4.90 Å². The van der Waals surface area contributed by atoms with E-state index in [4.69, 9.17) is 5.73 Å². The second kappa shape index (κ2) is 2.71. The summed E-state index contributed by atoms with van der Waals surface area (Å²) in [6, 6.07) is 0.911. The van der Waals surface area contributed by atoms with E-state index in [1.165, 1.54) is 45.1 Å². The molecule has 1 heterocycles. The van der Waals surface area contributed by atoms with Crippen molar-refractivity contribution in [3.63, 3.8) is 0 Å². The van der Waals surface area contributed by atoms with Crippen molar-refractivity contribution >= 4 is 0 Å². The molecule has 1 aliphatic heterocycles. The van der Waals surface area contributed by atoms with Crippen molar-refractivity contribution in [2.24, 2.45) is 11.7 Å². The highest BCUT2D eigenvalue weighted by molar-refractivity contribution is 5.06. The van der Waals surface area contributed by atoms with Crippen LogP contribution >= 0.6 is 0 Å². The van der Waals surface area contributed by atoms with Crippen LogP contribution in [0.2, 0.25) is 0 Å². The molecule has 0 amide bonds. The zero-order valence-electron chi connectivity index (χ0n) is 8.34. The summed E-state index contributed by atoms with van der Waals surface area (Å²) < 4.78 is 0. The summed E-state index contributed by atoms with van der Waals surface area (Å²) in [5, 5.41) is 0. The van der Waals surface area contributed by atoms with Crippen molar-refractivity contribution in [3.8, 4) is 0 Å². The van der Waals surface area contributed by atoms with Crippen LogP contribution in [0.25, 0.3) is 0 Å². The molecule has 2 aliphatic carbocycles. The van der Waals surface area contributed by atoms with Gasteiger partial charge in [0.2, 0.25) is 0 Å². The first-order valence-corrected chi connectivity index (χ1v) is 5.81. The van der Waals surface area contributed by atoms with Crippen LogP contribution in [0.3, 0.4) is 0 Å². The average molecular weight is 180 g/mol. The SMILES string of the molecule is NCC1(N2CC3CCC2C3)CCC1. The van der Waals surface area contributed by atoms with Crippen LogP contribution in [-0.2, 0) is 0 Å². The third kappa shape index (κ3) is 1.02. The molecule has 1 saturated heterocycles. The van der Waals surface area contributed by atoms with Crippen molar-refractivity contribution < 1.29 is 0 Å². The molecule has 2 atom stereocenters. The zero-order valence-corrected chi connectivity index (χ0v) is 8.34. The molecular formula is C11H20N2. The van der Waals surface area contributed by atoms with Gasteiger partial charge in [0.1, 0.15) is 0 Å². The lowest BCUT2D eigenvalue weighted by Gasteiger charge is -2.51. The van der Waals surface area contributed by atoms with Gasteiger partial charge in [-0.25, -0.2) is 0 Å². The maximum absolute atomic E-state index is 5.94. The van der Waals surface area contributed by atoms with Crippen molar-refractivity contribution in [2.75, 3.05) is 13.1 Å². The van der Waals surface area contributed by atoms with Gasteiger partial charge in [-0.3, -0.25) is 4.90 Å². The summed E-state index contributed by atoms with van der Waals surface area (Å²) in [5.74, 6) is 1.02. The third-order valence-corrected chi connectivity index (χ3v) is 4.68. The smallest absolute Gasteiger partial charge is 0.0334 e. The molecule has 3 rings (SSSR count). The van der Waals surface area contributed by atoms with Gasteiger partial charge in [-0.05, 0) is 44.4 Å². The van der Waals surface area contributed by atoms with E-state index >= 15 is 0 Å². The first-order valence-electron chi connectivity index (χ1n) is 5.81. The Bertz CT molecular complexity index is 205. The van der Waals surface area contributed by atoms with Crippen molar-refractivity contribution in [1.82, 2.24) is 4.90 Å². The van der Waals surface area contributed by atoms with Crippen LogP contribution in [0, 0.1) is 5.92 Å². The highest BCUT2D eigenvalue weighted by Crippen LogP contribution is 2.47. The van der Waals surface area contributed by atoms with Gasteiger partial charge in [0.25, 0.3) is 0 Å². The minimum absolute atomic E-state index is 0.458. The van der Waals surface area contributed by atoms with Crippen LogP contribution in [0.1, 0.15) is 38.5 Å². The summed E-state index contributed by atoms with van der Waals surface area (Å²) in [6.45, 7) is 2.26. The van der Waals surface area contributed by atoms with Gasteiger partial charge in [-0.1, -0.05) is 0 Å². The minimum atomic E-state index is 0.458. The molecule has 74 valence electrons. The van der Waals surface area contributed by atoms with E-state index in [0.717, 1.165) is 18.5 Å². The Labute approximate surface area is 80.5 Å². The molecule has 0 spiro atoms. The lowest BCUT2D eigenvalue weighted by atomic mass is 9.74. The Balaban J connectivity index is 1.78. The largest absolute Gasteiger partial charge is 0.329 e. The maximum Gasteiger partial charge on any atom is 0.0334 e. The number of fused-ring (bicyclic) bond motifs is 2.